The van der Waals surface area contributed by atoms with Gasteiger partial charge in [-0.15, -0.1) is 11.3 Å². The van der Waals surface area contributed by atoms with Crippen molar-refractivity contribution in [2.24, 2.45) is 0 Å². The molecule has 0 aliphatic rings. The number of nitrogens with one attached hydrogen (secondary N) is 1. The fourth-order valence-electron chi connectivity index (χ4n) is 3.46. The van der Waals surface area contributed by atoms with Crippen molar-refractivity contribution in [3.05, 3.63) is 74.5 Å². The molecule has 7 nitrogen and oxygen atoms in total. The Morgan fingerprint density at radius 1 is 1.08 bits per heavy atom. The van der Waals surface area contributed by atoms with Crippen LogP contribution in [0.4, 0.5) is 26.3 Å². The highest BCUT2D eigenvalue weighted by molar-refractivity contribution is 7.15. The second-order valence-electron chi connectivity index (χ2n) is 7.93. The lowest BCUT2D eigenvalue weighted by Gasteiger charge is -2.13. The fourth-order valence-corrected chi connectivity index (χ4v) is 4.56. The molecule has 0 radical (unpaired) electrons. The number of rotatable bonds is 8. The third-order valence-electron chi connectivity index (χ3n) is 5.24. The van der Waals surface area contributed by atoms with Gasteiger partial charge in [0, 0.05) is 28.8 Å². The molecule has 0 aliphatic carbocycles. The average molecular weight is 544 g/mol. The standard InChI is InChI=1S/C23H18F6N4O3S/c1-12-17(37-20(31-12)14-5-7-18(30-10-14)23(27,28)29)3-2-8-35-11-13-4-6-15(16(9-13)22(24,25)26)19-32-21(34)36-33-19/h4-7,9-10H,2-3,8,11H2,1H3,(H,32,33,34). The molecule has 1 aromatic carbocycles. The summed E-state index contributed by atoms with van der Waals surface area (Å²) in [6, 6.07) is 5.78. The SMILES string of the molecule is Cc1nc(-c2ccc(C(F)(F)F)nc2)sc1CCCOCc1ccc(-c2noc(=O)[nH]2)c(C(F)(F)F)c1. The van der Waals surface area contributed by atoms with Gasteiger partial charge in [-0.25, -0.2) is 9.78 Å². The molecule has 0 unspecified atom stereocenters. The Morgan fingerprint density at radius 2 is 1.86 bits per heavy atom. The van der Waals surface area contributed by atoms with Crippen LogP contribution in [0.25, 0.3) is 22.0 Å². The summed E-state index contributed by atoms with van der Waals surface area (Å²) in [6.07, 6.45) is -6.95. The number of nitrogens with zero attached hydrogens (tertiary/aromatic N) is 3. The Bertz CT molecular complexity index is 1420. The summed E-state index contributed by atoms with van der Waals surface area (Å²) in [5.74, 6) is -1.29. The van der Waals surface area contributed by atoms with Gasteiger partial charge in [0.1, 0.15) is 10.7 Å². The molecule has 196 valence electrons. The maximum absolute atomic E-state index is 13.5. The summed E-state index contributed by atoms with van der Waals surface area (Å²) in [5, 5.41) is 3.86. The first-order valence-electron chi connectivity index (χ1n) is 10.8. The van der Waals surface area contributed by atoms with Gasteiger partial charge in [-0.1, -0.05) is 17.3 Å². The number of hydrogen-bond donors (Lipinski definition) is 1. The van der Waals surface area contributed by atoms with E-state index in [2.05, 4.69) is 24.6 Å². The Hall–Kier alpha value is -3.52. The topological polar surface area (TPSA) is 93.9 Å². The van der Waals surface area contributed by atoms with E-state index >= 15 is 0 Å². The summed E-state index contributed by atoms with van der Waals surface area (Å²) in [7, 11) is 0. The number of hydrogen-bond acceptors (Lipinski definition) is 7. The molecule has 37 heavy (non-hydrogen) atoms. The molecular formula is C23H18F6N4O3S. The van der Waals surface area contributed by atoms with Crippen molar-refractivity contribution in [1.29, 1.82) is 0 Å². The predicted octanol–water partition coefficient (Wildman–Crippen LogP) is 6.04. The summed E-state index contributed by atoms with van der Waals surface area (Å²) in [5.41, 5.74) is -0.788. The highest BCUT2D eigenvalue weighted by Gasteiger charge is 2.35. The van der Waals surface area contributed by atoms with Crippen LogP contribution >= 0.6 is 11.3 Å². The normalized spacial score (nSPS) is 12.3. The lowest BCUT2D eigenvalue weighted by molar-refractivity contribution is -0.141. The zero-order valence-electron chi connectivity index (χ0n) is 19.0. The molecular weight excluding hydrogens is 526 g/mol. The van der Waals surface area contributed by atoms with Crippen LogP contribution in [0.5, 0.6) is 0 Å². The zero-order chi connectivity index (χ0) is 26.8. The van der Waals surface area contributed by atoms with E-state index in [1.165, 1.54) is 29.5 Å². The summed E-state index contributed by atoms with van der Waals surface area (Å²) < 4.78 is 88.6. The summed E-state index contributed by atoms with van der Waals surface area (Å²) in [4.78, 5) is 22.0. The molecule has 0 fully saturated rings. The first kappa shape index (κ1) is 26.5. The Kier molecular flexibility index (Phi) is 7.50. The van der Waals surface area contributed by atoms with E-state index in [1.807, 2.05) is 0 Å². The second kappa shape index (κ2) is 10.5. The lowest BCUT2D eigenvalue weighted by Crippen LogP contribution is -2.09. The summed E-state index contributed by atoms with van der Waals surface area (Å²) >= 11 is 1.33. The molecule has 3 heterocycles. The molecule has 14 heteroatoms. The van der Waals surface area contributed by atoms with E-state index in [9.17, 15) is 31.1 Å². The quantitative estimate of drug-likeness (QED) is 0.215. The van der Waals surface area contributed by atoms with Crippen molar-refractivity contribution in [3.8, 4) is 22.0 Å². The average Bonchev–Trinajstić information content (AvgIpc) is 3.43. The minimum atomic E-state index is -4.69. The number of benzene rings is 1. The third kappa shape index (κ3) is 6.43. The minimum Gasteiger partial charge on any atom is -0.377 e. The lowest BCUT2D eigenvalue weighted by atomic mass is 10.0. The van der Waals surface area contributed by atoms with E-state index in [-0.39, 0.29) is 30.2 Å². The van der Waals surface area contributed by atoms with Crippen molar-refractivity contribution >= 4 is 11.3 Å². The van der Waals surface area contributed by atoms with Crippen molar-refractivity contribution in [3.63, 3.8) is 0 Å². The number of pyridine rings is 1. The monoisotopic (exact) mass is 544 g/mol. The van der Waals surface area contributed by atoms with Crippen LogP contribution in [-0.2, 0) is 30.1 Å². The van der Waals surface area contributed by atoms with Gasteiger partial charge in [0.2, 0.25) is 0 Å². The first-order valence-corrected chi connectivity index (χ1v) is 11.6. The molecule has 1 N–H and O–H groups in total. The van der Waals surface area contributed by atoms with Crippen LogP contribution in [0.15, 0.2) is 45.8 Å². The minimum absolute atomic E-state index is 0.0666. The van der Waals surface area contributed by atoms with Gasteiger partial charge in [0.25, 0.3) is 0 Å². The number of ether oxygens (including phenoxy) is 1. The Labute approximate surface area is 209 Å². The maximum atomic E-state index is 13.5. The molecule has 4 aromatic rings. The van der Waals surface area contributed by atoms with Crippen LogP contribution in [0.3, 0.4) is 0 Å². The third-order valence-corrected chi connectivity index (χ3v) is 6.51. The number of alkyl halides is 6. The van der Waals surface area contributed by atoms with Gasteiger partial charge < -0.3 is 4.74 Å². The van der Waals surface area contributed by atoms with E-state index < -0.39 is 29.4 Å². The molecule has 0 atom stereocenters. The van der Waals surface area contributed by atoms with Crippen LogP contribution in [0.2, 0.25) is 0 Å². The van der Waals surface area contributed by atoms with Crippen LogP contribution in [-0.4, -0.2) is 26.7 Å². The van der Waals surface area contributed by atoms with E-state index in [0.717, 1.165) is 28.9 Å². The largest absolute Gasteiger partial charge is 0.439 e. The van der Waals surface area contributed by atoms with E-state index in [1.54, 1.807) is 6.92 Å². The number of thiazole rings is 1. The highest BCUT2D eigenvalue weighted by atomic mass is 32.1. The van der Waals surface area contributed by atoms with Crippen LogP contribution < -0.4 is 5.76 Å². The van der Waals surface area contributed by atoms with Crippen molar-refractivity contribution < 1.29 is 35.6 Å². The van der Waals surface area contributed by atoms with Gasteiger partial charge in [-0.05, 0) is 43.5 Å². The van der Waals surface area contributed by atoms with Gasteiger partial charge >= 0.3 is 18.1 Å². The van der Waals surface area contributed by atoms with Gasteiger partial charge in [-0.3, -0.25) is 14.5 Å². The van der Waals surface area contributed by atoms with E-state index in [0.29, 0.717) is 23.4 Å². The Balaban J connectivity index is 1.34. The molecule has 0 saturated heterocycles. The van der Waals surface area contributed by atoms with Crippen molar-refractivity contribution in [2.75, 3.05) is 6.61 Å². The first-order chi connectivity index (χ1) is 17.4. The number of aryl methyl sites for hydroxylation is 2. The van der Waals surface area contributed by atoms with Crippen LogP contribution in [0, 0.1) is 6.92 Å². The molecule has 0 bridgehead atoms. The van der Waals surface area contributed by atoms with Crippen molar-refractivity contribution in [2.45, 2.75) is 38.7 Å². The zero-order valence-corrected chi connectivity index (χ0v) is 19.9. The maximum Gasteiger partial charge on any atom is 0.439 e. The number of H-pyrrole nitrogens is 1. The fraction of sp³-hybridized carbons (Fsp3) is 0.304. The number of halogens is 6. The molecule has 0 spiro atoms. The van der Waals surface area contributed by atoms with Gasteiger partial charge in [-0.2, -0.15) is 26.3 Å². The predicted molar refractivity (Wildman–Crippen MR) is 121 cm³/mol. The highest BCUT2D eigenvalue weighted by Crippen LogP contribution is 2.36. The van der Waals surface area contributed by atoms with Gasteiger partial charge in [0.05, 0.1) is 17.9 Å². The number of aromatic nitrogens is 4. The summed E-state index contributed by atoms with van der Waals surface area (Å²) in [6.45, 7) is 1.98. The molecule has 0 amide bonds. The molecule has 0 saturated carbocycles. The van der Waals surface area contributed by atoms with E-state index in [4.69, 9.17) is 4.74 Å². The van der Waals surface area contributed by atoms with Crippen LogP contribution in [0.1, 0.15) is 33.8 Å². The smallest absolute Gasteiger partial charge is 0.377 e. The molecule has 3 aromatic heterocycles. The second-order valence-corrected chi connectivity index (χ2v) is 9.02. The van der Waals surface area contributed by atoms with Gasteiger partial charge in [0.15, 0.2) is 5.82 Å². The number of aromatic amines is 1. The molecule has 4 rings (SSSR count). The van der Waals surface area contributed by atoms with Crippen molar-refractivity contribution in [1.82, 2.24) is 20.1 Å². The molecule has 0 aliphatic heterocycles. The Morgan fingerprint density at radius 3 is 2.49 bits per heavy atom.